The molecular weight excluding hydrogens is 312 g/mol. The van der Waals surface area contributed by atoms with E-state index >= 15 is 0 Å². The van der Waals surface area contributed by atoms with Crippen LogP contribution < -0.4 is 10.5 Å². The highest BCUT2D eigenvalue weighted by Gasteiger charge is 2.17. The number of thiocarbonyl (C=S) groups is 1. The lowest BCUT2D eigenvalue weighted by molar-refractivity contribution is 0.603. The van der Waals surface area contributed by atoms with E-state index in [1.165, 1.54) is 6.07 Å². The topological polar surface area (TPSA) is 72.2 Å². The Hall–Kier alpha value is -1.44. The van der Waals surface area contributed by atoms with Crippen molar-refractivity contribution in [1.82, 2.24) is 0 Å². The molecule has 2 rings (SSSR count). The summed E-state index contributed by atoms with van der Waals surface area (Å²) >= 11 is 5.89. The molecule has 0 radical (unpaired) electrons. The third-order valence-electron chi connectivity index (χ3n) is 2.56. The van der Waals surface area contributed by atoms with Crippen molar-refractivity contribution in [2.24, 2.45) is 5.73 Å². The molecule has 0 saturated carbocycles. The minimum atomic E-state index is -3.61. The molecule has 0 atom stereocenters. The Balaban J connectivity index is 2.32. The maximum Gasteiger partial charge on any atom is 0.271 e. The fraction of sp³-hybridized carbons (Fsp3) is 0.154. The summed E-state index contributed by atoms with van der Waals surface area (Å²) in [5.41, 5.74) is 8.03. The van der Waals surface area contributed by atoms with Crippen molar-refractivity contribution in [3.05, 3.63) is 46.3 Å². The summed E-state index contributed by atoms with van der Waals surface area (Å²) in [4.78, 5) is 0.781. The summed E-state index contributed by atoms with van der Waals surface area (Å²) in [6.07, 6.45) is 0. The number of anilines is 1. The quantitative estimate of drug-likeness (QED) is 0.848. The van der Waals surface area contributed by atoms with Crippen LogP contribution in [0.1, 0.15) is 16.0 Å². The lowest BCUT2D eigenvalue weighted by atomic mass is 10.1. The first kappa shape index (κ1) is 15.0. The molecule has 0 amide bonds. The monoisotopic (exact) mass is 326 g/mol. The number of hydrogen-bond donors (Lipinski definition) is 2. The van der Waals surface area contributed by atoms with Gasteiger partial charge in [0.15, 0.2) is 0 Å². The largest absolute Gasteiger partial charge is 0.389 e. The van der Waals surface area contributed by atoms with Crippen LogP contribution in [0.5, 0.6) is 0 Å². The zero-order valence-electron chi connectivity index (χ0n) is 11.0. The van der Waals surface area contributed by atoms with Gasteiger partial charge in [0.1, 0.15) is 9.20 Å². The number of benzene rings is 1. The summed E-state index contributed by atoms with van der Waals surface area (Å²) in [7, 11) is -3.61. The van der Waals surface area contributed by atoms with E-state index in [2.05, 4.69) is 4.72 Å². The van der Waals surface area contributed by atoms with Crippen LogP contribution >= 0.6 is 23.6 Å². The number of hydrogen-bond acceptors (Lipinski definition) is 4. The SMILES string of the molecule is Cc1cc(C)cc(NS(=O)(=O)c2ccc(C(N)=S)s2)c1. The minimum absolute atomic E-state index is 0.194. The van der Waals surface area contributed by atoms with Crippen LogP contribution in [0.2, 0.25) is 0 Å². The highest BCUT2D eigenvalue weighted by molar-refractivity contribution is 7.94. The van der Waals surface area contributed by atoms with Gasteiger partial charge in [-0.1, -0.05) is 18.3 Å². The Bertz CT molecular complexity index is 743. The predicted octanol–water partition coefficient (Wildman–Crippen LogP) is 2.80. The van der Waals surface area contributed by atoms with E-state index in [4.69, 9.17) is 18.0 Å². The molecule has 0 saturated heterocycles. The molecule has 0 unspecified atom stereocenters. The van der Waals surface area contributed by atoms with E-state index in [1.807, 2.05) is 19.9 Å². The van der Waals surface area contributed by atoms with E-state index in [0.717, 1.165) is 22.5 Å². The second-order valence-corrected chi connectivity index (χ2v) is 7.90. The molecule has 0 aliphatic heterocycles. The third kappa shape index (κ3) is 3.36. The molecule has 1 heterocycles. The molecule has 0 aliphatic carbocycles. The van der Waals surface area contributed by atoms with Crippen molar-refractivity contribution < 1.29 is 8.42 Å². The van der Waals surface area contributed by atoms with Gasteiger partial charge in [-0.25, -0.2) is 8.42 Å². The molecule has 0 bridgehead atoms. The lowest BCUT2D eigenvalue weighted by Gasteiger charge is -2.08. The third-order valence-corrected chi connectivity index (χ3v) is 5.90. The Labute approximate surface area is 127 Å². The first-order chi connectivity index (χ1) is 9.28. The predicted molar refractivity (Wildman–Crippen MR) is 86.9 cm³/mol. The Morgan fingerprint density at radius 2 is 1.80 bits per heavy atom. The molecule has 1 aromatic carbocycles. The van der Waals surface area contributed by atoms with Crippen molar-refractivity contribution >= 4 is 44.3 Å². The van der Waals surface area contributed by atoms with Crippen LogP contribution in [0.25, 0.3) is 0 Å². The second-order valence-electron chi connectivity index (χ2n) is 4.46. The van der Waals surface area contributed by atoms with Gasteiger partial charge in [-0.3, -0.25) is 4.72 Å². The van der Waals surface area contributed by atoms with Crippen LogP contribution in [-0.4, -0.2) is 13.4 Å². The van der Waals surface area contributed by atoms with E-state index < -0.39 is 10.0 Å². The standard InChI is InChI=1S/C13H14N2O2S3/c1-8-5-9(2)7-10(6-8)15-20(16,17)12-4-3-11(19-12)13(14)18/h3-7,15H,1-2H3,(H2,14,18). The van der Waals surface area contributed by atoms with Gasteiger partial charge in [0.05, 0.1) is 4.88 Å². The molecule has 106 valence electrons. The molecular formula is C13H14N2O2S3. The second kappa shape index (κ2) is 5.51. The molecule has 7 heteroatoms. The Morgan fingerprint density at radius 1 is 1.20 bits per heavy atom. The van der Waals surface area contributed by atoms with Crippen molar-refractivity contribution in [2.45, 2.75) is 18.1 Å². The average Bonchev–Trinajstić information content (AvgIpc) is 2.76. The zero-order valence-corrected chi connectivity index (χ0v) is 13.5. The van der Waals surface area contributed by atoms with Crippen LogP contribution in [-0.2, 0) is 10.0 Å². The average molecular weight is 326 g/mol. The number of sulfonamides is 1. The van der Waals surface area contributed by atoms with Crippen LogP contribution in [0.4, 0.5) is 5.69 Å². The Morgan fingerprint density at radius 3 is 2.30 bits per heavy atom. The minimum Gasteiger partial charge on any atom is -0.389 e. The number of thiophene rings is 1. The summed E-state index contributed by atoms with van der Waals surface area (Å²) in [5.74, 6) is 0. The number of nitrogens with two attached hydrogens (primary N) is 1. The number of nitrogens with one attached hydrogen (secondary N) is 1. The van der Waals surface area contributed by atoms with Gasteiger partial charge in [0.2, 0.25) is 0 Å². The lowest BCUT2D eigenvalue weighted by Crippen LogP contribution is -2.11. The number of aryl methyl sites for hydroxylation is 2. The maximum absolute atomic E-state index is 12.3. The van der Waals surface area contributed by atoms with Gasteiger partial charge in [0, 0.05) is 5.69 Å². The molecule has 20 heavy (non-hydrogen) atoms. The first-order valence-corrected chi connectivity index (χ1v) is 8.49. The Kier molecular flexibility index (Phi) is 4.12. The van der Waals surface area contributed by atoms with Gasteiger partial charge < -0.3 is 5.73 Å². The summed E-state index contributed by atoms with van der Waals surface area (Å²) < 4.78 is 27.3. The highest BCUT2D eigenvalue weighted by atomic mass is 32.2. The molecule has 2 aromatic rings. The molecule has 0 spiro atoms. The zero-order chi connectivity index (χ0) is 14.9. The smallest absolute Gasteiger partial charge is 0.271 e. The summed E-state index contributed by atoms with van der Waals surface area (Å²) in [6.45, 7) is 3.84. The van der Waals surface area contributed by atoms with Crippen molar-refractivity contribution in [3.63, 3.8) is 0 Å². The van der Waals surface area contributed by atoms with Crippen LogP contribution in [0, 0.1) is 13.8 Å². The number of rotatable bonds is 4. The van der Waals surface area contributed by atoms with E-state index in [1.54, 1.807) is 18.2 Å². The molecule has 1 aromatic heterocycles. The van der Waals surface area contributed by atoms with Crippen LogP contribution in [0.15, 0.2) is 34.5 Å². The molecule has 4 nitrogen and oxygen atoms in total. The van der Waals surface area contributed by atoms with E-state index in [-0.39, 0.29) is 9.20 Å². The molecule has 3 N–H and O–H groups in total. The summed E-state index contributed by atoms with van der Waals surface area (Å²) in [6, 6.07) is 8.67. The maximum atomic E-state index is 12.3. The van der Waals surface area contributed by atoms with Gasteiger partial charge in [-0.2, -0.15) is 0 Å². The fourth-order valence-corrected chi connectivity index (χ4v) is 4.23. The van der Waals surface area contributed by atoms with Crippen LogP contribution in [0.3, 0.4) is 0 Å². The van der Waals surface area contributed by atoms with Gasteiger partial charge in [0.25, 0.3) is 10.0 Å². The van der Waals surface area contributed by atoms with Crippen molar-refractivity contribution in [1.29, 1.82) is 0 Å². The normalized spacial score (nSPS) is 11.3. The van der Waals surface area contributed by atoms with Crippen molar-refractivity contribution in [2.75, 3.05) is 4.72 Å². The fourth-order valence-electron chi connectivity index (χ4n) is 1.84. The summed E-state index contributed by atoms with van der Waals surface area (Å²) in [5, 5.41) is 0. The van der Waals surface area contributed by atoms with Gasteiger partial charge >= 0.3 is 0 Å². The van der Waals surface area contributed by atoms with E-state index in [0.29, 0.717) is 10.6 Å². The molecule has 0 aliphatic rings. The van der Waals surface area contributed by atoms with E-state index in [9.17, 15) is 8.42 Å². The molecule has 0 fully saturated rings. The highest BCUT2D eigenvalue weighted by Crippen LogP contribution is 2.24. The van der Waals surface area contributed by atoms with Gasteiger partial charge in [-0.15, -0.1) is 11.3 Å². The van der Waals surface area contributed by atoms with Gasteiger partial charge in [-0.05, 0) is 49.2 Å². The first-order valence-electron chi connectivity index (χ1n) is 5.79. The van der Waals surface area contributed by atoms with Crippen molar-refractivity contribution in [3.8, 4) is 0 Å².